The van der Waals surface area contributed by atoms with Crippen LogP contribution < -0.4 is 4.72 Å². The molecular formula is C22H32N4O4S. The molecule has 1 amide bonds. The molecule has 2 aromatic heterocycles. The van der Waals surface area contributed by atoms with Gasteiger partial charge in [0.15, 0.2) is 0 Å². The second-order valence-electron chi connectivity index (χ2n) is 10.1. The molecule has 0 atom stereocenters. The Morgan fingerprint density at radius 1 is 1.26 bits per heavy atom. The monoisotopic (exact) mass is 448 g/mol. The molecule has 1 N–H and O–H groups in total. The number of hydrogen-bond acceptors (Lipinski definition) is 5. The number of rotatable bonds is 4. The van der Waals surface area contributed by atoms with Crippen molar-refractivity contribution in [2.75, 3.05) is 13.1 Å². The molecule has 0 bridgehead atoms. The van der Waals surface area contributed by atoms with Crippen LogP contribution in [0.15, 0.2) is 29.6 Å². The fourth-order valence-corrected chi connectivity index (χ4v) is 5.88. The molecule has 170 valence electrons. The van der Waals surface area contributed by atoms with Gasteiger partial charge in [0.2, 0.25) is 10.0 Å². The van der Waals surface area contributed by atoms with Gasteiger partial charge in [0.05, 0.1) is 4.90 Å². The van der Waals surface area contributed by atoms with Gasteiger partial charge in [-0.2, -0.15) is 0 Å². The van der Waals surface area contributed by atoms with E-state index in [4.69, 9.17) is 4.74 Å². The average molecular weight is 449 g/mol. The van der Waals surface area contributed by atoms with Gasteiger partial charge < -0.3 is 14.0 Å². The molecular weight excluding hydrogens is 416 g/mol. The molecule has 2 aromatic rings. The minimum absolute atomic E-state index is 0.123. The van der Waals surface area contributed by atoms with E-state index in [1.54, 1.807) is 34.0 Å². The molecule has 1 aliphatic heterocycles. The Morgan fingerprint density at radius 3 is 2.52 bits per heavy atom. The zero-order chi connectivity index (χ0) is 22.4. The Labute approximate surface area is 184 Å². The van der Waals surface area contributed by atoms with Gasteiger partial charge in [-0.3, -0.25) is 0 Å². The van der Waals surface area contributed by atoms with Crippen molar-refractivity contribution < 1.29 is 17.9 Å². The summed E-state index contributed by atoms with van der Waals surface area (Å²) < 4.78 is 36.4. The summed E-state index contributed by atoms with van der Waals surface area (Å²) in [5.41, 5.74) is 0.796. The van der Waals surface area contributed by atoms with E-state index >= 15 is 0 Å². The van der Waals surface area contributed by atoms with Crippen LogP contribution in [0.1, 0.15) is 71.3 Å². The molecule has 3 heterocycles. The van der Waals surface area contributed by atoms with Gasteiger partial charge in [0.25, 0.3) is 0 Å². The van der Waals surface area contributed by atoms with Crippen molar-refractivity contribution in [3.05, 3.63) is 30.2 Å². The van der Waals surface area contributed by atoms with Gasteiger partial charge in [-0.25, -0.2) is 22.9 Å². The molecule has 1 saturated heterocycles. The second-order valence-corrected chi connectivity index (χ2v) is 11.7. The van der Waals surface area contributed by atoms with Gasteiger partial charge in [0, 0.05) is 37.2 Å². The number of nitrogens with zero attached hydrogens (tertiary/aromatic N) is 3. The first-order chi connectivity index (χ1) is 14.5. The van der Waals surface area contributed by atoms with Crippen molar-refractivity contribution in [3.8, 4) is 0 Å². The highest BCUT2D eigenvalue weighted by Gasteiger charge is 2.37. The van der Waals surface area contributed by atoms with Crippen molar-refractivity contribution in [1.82, 2.24) is 19.0 Å². The molecule has 0 unspecified atom stereocenters. The lowest BCUT2D eigenvalue weighted by Gasteiger charge is -2.38. The predicted octanol–water partition coefficient (Wildman–Crippen LogP) is 3.67. The van der Waals surface area contributed by atoms with Crippen LogP contribution in [-0.4, -0.2) is 53.0 Å². The molecule has 9 heteroatoms. The molecule has 4 rings (SSSR count). The van der Waals surface area contributed by atoms with Gasteiger partial charge in [-0.1, -0.05) is 0 Å². The largest absolute Gasteiger partial charge is 0.444 e. The third kappa shape index (κ3) is 4.72. The van der Waals surface area contributed by atoms with E-state index in [0.717, 1.165) is 43.3 Å². The number of nitrogens with one attached hydrogen (secondary N) is 1. The number of sulfonamides is 1. The summed E-state index contributed by atoms with van der Waals surface area (Å²) in [6.07, 6.45) is 9.02. The van der Waals surface area contributed by atoms with E-state index in [0.29, 0.717) is 13.1 Å². The first kappa shape index (κ1) is 22.1. The lowest BCUT2D eigenvalue weighted by atomic mass is 9.80. The van der Waals surface area contributed by atoms with Crippen molar-refractivity contribution in [2.24, 2.45) is 0 Å². The van der Waals surface area contributed by atoms with Gasteiger partial charge in [-0.15, -0.1) is 0 Å². The van der Waals surface area contributed by atoms with Crippen LogP contribution in [0.2, 0.25) is 0 Å². The van der Waals surface area contributed by atoms with Crippen LogP contribution in [0.25, 0.3) is 5.65 Å². The van der Waals surface area contributed by atoms with Gasteiger partial charge in [-0.05, 0) is 77.3 Å². The molecule has 8 nitrogen and oxygen atoms in total. The van der Waals surface area contributed by atoms with E-state index in [-0.39, 0.29) is 22.4 Å². The molecule has 0 spiro atoms. The maximum atomic E-state index is 13.1. The van der Waals surface area contributed by atoms with Crippen LogP contribution in [0.5, 0.6) is 0 Å². The highest BCUT2D eigenvalue weighted by atomic mass is 32.2. The lowest BCUT2D eigenvalue weighted by Crippen LogP contribution is -2.50. The Balaban J connectivity index is 1.56. The number of likely N-dealkylation sites (tertiary alicyclic amines) is 1. The maximum Gasteiger partial charge on any atom is 0.410 e. The van der Waals surface area contributed by atoms with Gasteiger partial charge >= 0.3 is 6.09 Å². The summed E-state index contributed by atoms with van der Waals surface area (Å²) in [7, 11) is -3.64. The van der Waals surface area contributed by atoms with E-state index in [1.165, 1.54) is 0 Å². The molecule has 2 aliphatic rings. The Hall–Kier alpha value is -2.13. The lowest BCUT2D eigenvalue weighted by molar-refractivity contribution is 0.0205. The van der Waals surface area contributed by atoms with E-state index in [2.05, 4.69) is 9.71 Å². The summed E-state index contributed by atoms with van der Waals surface area (Å²) in [4.78, 5) is 18.8. The minimum atomic E-state index is -3.64. The number of amides is 1. The smallest absolute Gasteiger partial charge is 0.410 e. The highest BCUT2D eigenvalue weighted by Crippen LogP contribution is 2.35. The third-order valence-corrected chi connectivity index (χ3v) is 7.83. The first-order valence-electron chi connectivity index (χ1n) is 10.9. The standard InChI is InChI=1S/C22H32N4O4S/c1-21(2,3)30-20(27)25-11-6-16(7-12-25)18-14-17(15-26-13-10-23-19(18)26)31(28,29)24-22(4)8-5-9-22/h10,13-16,24H,5-9,11-12H2,1-4H3. The molecule has 1 saturated carbocycles. The Bertz CT molecular complexity index is 1070. The topological polar surface area (TPSA) is 93.0 Å². The number of aromatic nitrogens is 2. The SMILES string of the molecule is CC1(NS(=O)(=O)c2cc(C3CCN(C(=O)OC(C)(C)C)CC3)c3nccn3c2)CCC1. The van der Waals surface area contributed by atoms with Crippen LogP contribution in [0.3, 0.4) is 0 Å². The first-order valence-corrected chi connectivity index (χ1v) is 12.4. The number of imidazole rings is 1. The van der Waals surface area contributed by atoms with E-state index in [1.807, 2.05) is 27.7 Å². The number of ether oxygens (including phenoxy) is 1. The van der Waals surface area contributed by atoms with Crippen LogP contribution >= 0.6 is 0 Å². The van der Waals surface area contributed by atoms with Crippen LogP contribution in [0.4, 0.5) is 4.79 Å². The summed E-state index contributed by atoms with van der Waals surface area (Å²) in [6.45, 7) is 8.67. The summed E-state index contributed by atoms with van der Waals surface area (Å²) in [5, 5.41) is 0. The zero-order valence-corrected chi connectivity index (χ0v) is 19.5. The minimum Gasteiger partial charge on any atom is -0.444 e. The van der Waals surface area contributed by atoms with E-state index < -0.39 is 15.6 Å². The third-order valence-electron chi connectivity index (χ3n) is 6.23. The van der Waals surface area contributed by atoms with Crippen LogP contribution in [-0.2, 0) is 14.8 Å². The zero-order valence-electron chi connectivity index (χ0n) is 18.7. The molecule has 1 aliphatic carbocycles. The highest BCUT2D eigenvalue weighted by molar-refractivity contribution is 7.89. The summed E-state index contributed by atoms with van der Waals surface area (Å²) >= 11 is 0. The van der Waals surface area contributed by atoms with Gasteiger partial charge in [0.1, 0.15) is 11.2 Å². The van der Waals surface area contributed by atoms with Crippen molar-refractivity contribution in [3.63, 3.8) is 0 Å². The maximum absolute atomic E-state index is 13.1. The molecule has 0 radical (unpaired) electrons. The predicted molar refractivity (Wildman–Crippen MR) is 118 cm³/mol. The molecule has 2 fully saturated rings. The summed E-state index contributed by atoms with van der Waals surface area (Å²) in [5.74, 6) is 0.123. The van der Waals surface area contributed by atoms with Crippen molar-refractivity contribution >= 4 is 21.8 Å². The molecule has 0 aromatic carbocycles. The summed E-state index contributed by atoms with van der Waals surface area (Å²) in [6, 6.07) is 1.76. The number of carbonyl (C=O) groups excluding carboxylic acids is 1. The Kier molecular flexibility index (Phi) is 5.54. The quantitative estimate of drug-likeness (QED) is 0.770. The number of hydrogen-bond donors (Lipinski definition) is 1. The number of piperidine rings is 1. The number of fused-ring (bicyclic) bond motifs is 1. The number of carbonyl (C=O) groups is 1. The fourth-order valence-electron chi connectivity index (χ4n) is 4.37. The average Bonchev–Trinajstić information content (AvgIpc) is 3.13. The number of pyridine rings is 1. The van der Waals surface area contributed by atoms with E-state index in [9.17, 15) is 13.2 Å². The normalized spacial score (nSPS) is 19.9. The van der Waals surface area contributed by atoms with Crippen LogP contribution in [0, 0.1) is 0 Å². The second kappa shape index (κ2) is 7.78. The molecule has 31 heavy (non-hydrogen) atoms. The van der Waals surface area contributed by atoms with Crippen molar-refractivity contribution in [1.29, 1.82) is 0 Å². The fraction of sp³-hybridized carbons (Fsp3) is 0.636. The Morgan fingerprint density at radius 2 is 1.94 bits per heavy atom. The van der Waals surface area contributed by atoms with Crippen molar-refractivity contribution in [2.45, 2.75) is 81.8 Å².